The Kier molecular flexibility index (Phi) is 3.18. The van der Waals surface area contributed by atoms with E-state index in [1.165, 1.54) is 12.1 Å². The van der Waals surface area contributed by atoms with Gasteiger partial charge in [-0.25, -0.2) is 9.37 Å². The Bertz CT molecular complexity index is 837. The highest BCUT2D eigenvalue weighted by Gasteiger charge is 2.16. The quantitative estimate of drug-likeness (QED) is 0.741. The standard InChI is InChI=1S/C15H13FN4O/c1-9-12(10(2)21-19-9)8-20-14-4-3-11(16)7-13(14)18-15(20)5-6-17/h3-4,7H,5,8H2,1-2H3. The molecule has 1 aromatic carbocycles. The van der Waals surface area contributed by atoms with Crippen molar-refractivity contribution in [3.05, 3.63) is 46.9 Å². The summed E-state index contributed by atoms with van der Waals surface area (Å²) in [5.74, 6) is 1.01. The zero-order chi connectivity index (χ0) is 15.0. The van der Waals surface area contributed by atoms with Crippen LogP contribution in [0.15, 0.2) is 22.7 Å². The number of aromatic nitrogens is 3. The fourth-order valence-electron chi connectivity index (χ4n) is 2.42. The van der Waals surface area contributed by atoms with Crippen molar-refractivity contribution in [3.63, 3.8) is 0 Å². The first-order valence-corrected chi connectivity index (χ1v) is 6.53. The van der Waals surface area contributed by atoms with Gasteiger partial charge in [-0.15, -0.1) is 0 Å². The van der Waals surface area contributed by atoms with Crippen LogP contribution < -0.4 is 0 Å². The number of benzene rings is 1. The van der Waals surface area contributed by atoms with Crippen molar-refractivity contribution in [2.24, 2.45) is 0 Å². The monoisotopic (exact) mass is 284 g/mol. The number of aryl methyl sites for hydroxylation is 2. The summed E-state index contributed by atoms with van der Waals surface area (Å²) in [7, 11) is 0. The summed E-state index contributed by atoms with van der Waals surface area (Å²) in [5, 5.41) is 12.9. The lowest BCUT2D eigenvalue weighted by atomic mass is 10.2. The molecule has 2 aromatic heterocycles. The Balaban J connectivity index is 2.16. The normalized spacial score (nSPS) is 11.0. The number of halogens is 1. The molecular weight excluding hydrogens is 271 g/mol. The van der Waals surface area contributed by atoms with Gasteiger partial charge in [-0.2, -0.15) is 5.26 Å². The van der Waals surface area contributed by atoms with Crippen LogP contribution in [0, 0.1) is 31.0 Å². The van der Waals surface area contributed by atoms with Gasteiger partial charge in [0.15, 0.2) is 0 Å². The highest BCUT2D eigenvalue weighted by molar-refractivity contribution is 5.76. The number of rotatable bonds is 3. The van der Waals surface area contributed by atoms with Crippen molar-refractivity contribution in [2.45, 2.75) is 26.8 Å². The lowest BCUT2D eigenvalue weighted by Crippen LogP contribution is -2.06. The van der Waals surface area contributed by atoms with E-state index >= 15 is 0 Å². The number of hydrogen-bond donors (Lipinski definition) is 0. The molecule has 0 N–H and O–H groups in total. The molecule has 0 fully saturated rings. The second-order valence-electron chi connectivity index (χ2n) is 4.88. The van der Waals surface area contributed by atoms with Crippen molar-refractivity contribution in [1.29, 1.82) is 5.26 Å². The third-order valence-electron chi connectivity index (χ3n) is 3.52. The summed E-state index contributed by atoms with van der Waals surface area (Å²) in [5.41, 5.74) is 3.10. The van der Waals surface area contributed by atoms with Crippen LogP contribution in [0.1, 0.15) is 22.8 Å². The van der Waals surface area contributed by atoms with Crippen LogP contribution in [-0.2, 0) is 13.0 Å². The van der Waals surface area contributed by atoms with Gasteiger partial charge in [0.05, 0.1) is 35.8 Å². The highest BCUT2D eigenvalue weighted by Crippen LogP contribution is 2.22. The number of nitrogens with zero attached hydrogens (tertiary/aromatic N) is 4. The molecule has 0 atom stereocenters. The zero-order valence-electron chi connectivity index (χ0n) is 11.7. The van der Waals surface area contributed by atoms with Crippen LogP contribution in [0.2, 0.25) is 0 Å². The van der Waals surface area contributed by atoms with E-state index < -0.39 is 0 Å². The second kappa shape index (κ2) is 5.02. The minimum atomic E-state index is -0.340. The first-order valence-electron chi connectivity index (χ1n) is 6.53. The molecule has 21 heavy (non-hydrogen) atoms. The maximum Gasteiger partial charge on any atom is 0.138 e. The van der Waals surface area contributed by atoms with Crippen LogP contribution in [0.25, 0.3) is 11.0 Å². The molecule has 0 amide bonds. The lowest BCUT2D eigenvalue weighted by Gasteiger charge is -2.07. The van der Waals surface area contributed by atoms with Crippen molar-refractivity contribution >= 4 is 11.0 Å². The predicted molar refractivity (Wildman–Crippen MR) is 74.1 cm³/mol. The average molecular weight is 284 g/mol. The molecule has 0 saturated carbocycles. The van der Waals surface area contributed by atoms with Crippen LogP contribution in [0.3, 0.4) is 0 Å². The number of imidazole rings is 1. The highest BCUT2D eigenvalue weighted by atomic mass is 19.1. The second-order valence-corrected chi connectivity index (χ2v) is 4.88. The first kappa shape index (κ1) is 13.3. The Hall–Kier alpha value is -2.68. The fraction of sp³-hybridized carbons (Fsp3) is 0.267. The van der Waals surface area contributed by atoms with Gasteiger partial charge in [0, 0.05) is 11.6 Å². The Labute approximate surface area is 120 Å². The minimum Gasteiger partial charge on any atom is -0.361 e. The zero-order valence-corrected chi connectivity index (χ0v) is 11.7. The maximum absolute atomic E-state index is 13.3. The molecule has 0 aliphatic rings. The molecule has 2 heterocycles. The smallest absolute Gasteiger partial charge is 0.138 e. The Morgan fingerprint density at radius 1 is 1.38 bits per heavy atom. The Morgan fingerprint density at radius 2 is 2.19 bits per heavy atom. The van der Waals surface area contributed by atoms with Crippen molar-refractivity contribution in [1.82, 2.24) is 14.7 Å². The van der Waals surface area contributed by atoms with Gasteiger partial charge in [0.25, 0.3) is 0 Å². The van der Waals surface area contributed by atoms with Crippen molar-refractivity contribution < 1.29 is 8.91 Å². The Morgan fingerprint density at radius 3 is 2.86 bits per heavy atom. The summed E-state index contributed by atoms with van der Waals surface area (Å²) < 4.78 is 20.4. The molecule has 106 valence electrons. The predicted octanol–water partition coefficient (Wildman–Crippen LogP) is 2.89. The molecular formula is C15H13FN4O. The molecule has 6 heteroatoms. The molecule has 0 aliphatic carbocycles. The van der Waals surface area contributed by atoms with E-state index in [-0.39, 0.29) is 12.2 Å². The van der Waals surface area contributed by atoms with E-state index in [1.807, 2.05) is 18.4 Å². The molecule has 0 spiro atoms. The van der Waals surface area contributed by atoms with Gasteiger partial charge >= 0.3 is 0 Å². The van der Waals surface area contributed by atoms with Gasteiger partial charge in [-0.05, 0) is 26.0 Å². The van der Waals surface area contributed by atoms with Crippen LogP contribution in [0.5, 0.6) is 0 Å². The van der Waals surface area contributed by atoms with Crippen LogP contribution >= 0.6 is 0 Å². The van der Waals surface area contributed by atoms with Gasteiger partial charge in [0.2, 0.25) is 0 Å². The molecule has 0 radical (unpaired) electrons. The van der Waals surface area contributed by atoms with E-state index in [4.69, 9.17) is 9.78 Å². The molecule has 0 aliphatic heterocycles. The lowest BCUT2D eigenvalue weighted by molar-refractivity contribution is 0.392. The van der Waals surface area contributed by atoms with E-state index in [9.17, 15) is 4.39 Å². The number of hydrogen-bond acceptors (Lipinski definition) is 4. The molecule has 0 saturated heterocycles. The van der Waals surface area contributed by atoms with E-state index in [0.29, 0.717) is 17.9 Å². The van der Waals surface area contributed by atoms with Gasteiger partial charge in [0.1, 0.15) is 17.4 Å². The van der Waals surface area contributed by atoms with Crippen LogP contribution in [0.4, 0.5) is 4.39 Å². The molecule has 5 nitrogen and oxygen atoms in total. The van der Waals surface area contributed by atoms with E-state index in [0.717, 1.165) is 22.5 Å². The number of nitriles is 1. The maximum atomic E-state index is 13.3. The fourth-order valence-corrected chi connectivity index (χ4v) is 2.42. The third kappa shape index (κ3) is 2.27. The topological polar surface area (TPSA) is 67.6 Å². The van der Waals surface area contributed by atoms with Gasteiger partial charge < -0.3 is 9.09 Å². The summed E-state index contributed by atoms with van der Waals surface area (Å²) in [6.07, 6.45) is 0.166. The number of fused-ring (bicyclic) bond motifs is 1. The summed E-state index contributed by atoms with van der Waals surface area (Å²) >= 11 is 0. The van der Waals surface area contributed by atoms with E-state index in [2.05, 4.69) is 16.2 Å². The SMILES string of the molecule is Cc1noc(C)c1Cn1c(CC#N)nc2cc(F)ccc21. The molecule has 0 unspecified atom stereocenters. The first-order chi connectivity index (χ1) is 10.1. The van der Waals surface area contributed by atoms with Crippen LogP contribution in [-0.4, -0.2) is 14.7 Å². The van der Waals surface area contributed by atoms with Crippen molar-refractivity contribution in [3.8, 4) is 6.07 Å². The molecule has 3 aromatic rings. The van der Waals surface area contributed by atoms with E-state index in [1.54, 1.807) is 6.07 Å². The average Bonchev–Trinajstić information content (AvgIpc) is 2.94. The van der Waals surface area contributed by atoms with Gasteiger partial charge in [-0.1, -0.05) is 5.16 Å². The largest absolute Gasteiger partial charge is 0.361 e. The summed E-state index contributed by atoms with van der Waals surface area (Å²) in [6, 6.07) is 6.54. The van der Waals surface area contributed by atoms with Crippen molar-refractivity contribution in [2.75, 3.05) is 0 Å². The van der Waals surface area contributed by atoms with Gasteiger partial charge in [-0.3, -0.25) is 0 Å². The third-order valence-corrected chi connectivity index (χ3v) is 3.52. The molecule has 0 bridgehead atoms. The minimum absolute atomic E-state index is 0.166. The molecule has 3 rings (SSSR count). The summed E-state index contributed by atoms with van der Waals surface area (Å²) in [6.45, 7) is 4.22. The summed E-state index contributed by atoms with van der Waals surface area (Å²) in [4.78, 5) is 4.35.